The molecule has 3 nitrogen and oxygen atoms in total. The third-order valence-corrected chi connectivity index (χ3v) is 3.09. The second-order valence-corrected chi connectivity index (χ2v) is 4.78. The van der Waals surface area contributed by atoms with Crippen LogP contribution in [-0.2, 0) is 0 Å². The van der Waals surface area contributed by atoms with Crippen LogP contribution in [0.3, 0.4) is 0 Å². The van der Waals surface area contributed by atoms with Crippen LogP contribution >= 0.6 is 0 Å². The van der Waals surface area contributed by atoms with Crippen molar-refractivity contribution in [1.82, 2.24) is 4.90 Å². The lowest BCUT2D eigenvalue weighted by molar-refractivity contribution is 0.225. The third-order valence-electron chi connectivity index (χ3n) is 3.09. The van der Waals surface area contributed by atoms with Gasteiger partial charge in [0, 0.05) is 18.0 Å². The van der Waals surface area contributed by atoms with Crippen LogP contribution in [0.2, 0.25) is 0 Å². The zero-order chi connectivity index (χ0) is 12.4. The predicted molar refractivity (Wildman–Crippen MR) is 70.9 cm³/mol. The van der Waals surface area contributed by atoms with Crippen LogP contribution in [0.25, 0.3) is 11.0 Å². The molecule has 3 heteroatoms. The molecule has 1 heterocycles. The quantitative estimate of drug-likeness (QED) is 0.881. The van der Waals surface area contributed by atoms with Crippen LogP contribution in [0, 0.1) is 0 Å². The van der Waals surface area contributed by atoms with E-state index in [1.165, 1.54) is 0 Å². The van der Waals surface area contributed by atoms with Crippen LogP contribution in [0.15, 0.2) is 34.7 Å². The van der Waals surface area contributed by atoms with Crippen molar-refractivity contribution in [2.45, 2.75) is 25.9 Å². The van der Waals surface area contributed by atoms with Gasteiger partial charge < -0.3 is 10.2 Å². The first-order valence-corrected chi connectivity index (χ1v) is 6.02. The number of para-hydroxylation sites is 1. The van der Waals surface area contributed by atoms with Crippen molar-refractivity contribution in [3.63, 3.8) is 0 Å². The molecule has 0 bridgehead atoms. The minimum atomic E-state index is 0.173. The molecule has 1 aromatic carbocycles. The smallest absolute Gasteiger partial charge is 0.134 e. The molecule has 0 saturated carbocycles. The molecular weight excluding hydrogens is 212 g/mol. The van der Waals surface area contributed by atoms with E-state index in [-0.39, 0.29) is 12.1 Å². The summed E-state index contributed by atoms with van der Waals surface area (Å²) in [6.45, 7) is 5.01. The highest BCUT2D eigenvalue weighted by molar-refractivity contribution is 5.77. The van der Waals surface area contributed by atoms with Gasteiger partial charge in [-0.25, -0.2) is 0 Å². The topological polar surface area (TPSA) is 42.4 Å². The van der Waals surface area contributed by atoms with Crippen LogP contribution in [0.1, 0.15) is 25.6 Å². The molecule has 0 saturated heterocycles. The van der Waals surface area contributed by atoms with Gasteiger partial charge in [-0.2, -0.15) is 0 Å². The maximum atomic E-state index is 5.85. The molecule has 2 atom stereocenters. The minimum absolute atomic E-state index is 0.173. The number of likely N-dealkylation sites (N-methyl/N-ethyl adjacent to an activating group) is 1. The van der Waals surface area contributed by atoms with Gasteiger partial charge in [0.2, 0.25) is 0 Å². The van der Waals surface area contributed by atoms with E-state index in [9.17, 15) is 0 Å². The molecule has 0 amide bonds. The Morgan fingerprint density at radius 1 is 1.29 bits per heavy atom. The van der Waals surface area contributed by atoms with Crippen molar-refractivity contribution in [3.8, 4) is 0 Å². The SMILES string of the molecule is CC(N)CN(C)C(C)c1cc2ccccc2o1. The zero-order valence-corrected chi connectivity index (χ0v) is 10.7. The average Bonchev–Trinajstić information content (AvgIpc) is 2.70. The van der Waals surface area contributed by atoms with E-state index in [4.69, 9.17) is 10.2 Å². The van der Waals surface area contributed by atoms with Gasteiger partial charge in [0.1, 0.15) is 11.3 Å². The van der Waals surface area contributed by atoms with Crippen molar-refractivity contribution >= 4 is 11.0 Å². The summed E-state index contributed by atoms with van der Waals surface area (Å²) >= 11 is 0. The molecule has 92 valence electrons. The normalized spacial score (nSPS) is 15.4. The monoisotopic (exact) mass is 232 g/mol. The lowest BCUT2D eigenvalue weighted by atomic mass is 10.2. The lowest BCUT2D eigenvalue weighted by Crippen LogP contribution is -2.34. The summed E-state index contributed by atoms with van der Waals surface area (Å²) in [5.41, 5.74) is 6.76. The van der Waals surface area contributed by atoms with Crippen LogP contribution in [-0.4, -0.2) is 24.5 Å². The highest BCUT2D eigenvalue weighted by Gasteiger charge is 2.16. The predicted octanol–water partition coefficient (Wildman–Crippen LogP) is 2.77. The summed E-state index contributed by atoms with van der Waals surface area (Å²) in [4.78, 5) is 2.21. The van der Waals surface area contributed by atoms with Crippen molar-refractivity contribution < 1.29 is 4.42 Å². The Morgan fingerprint density at radius 3 is 2.65 bits per heavy atom. The number of rotatable bonds is 4. The fourth-order valence-electron chi connectivity index (χ4n) is 2.04. The molecule has 1 aromatic heterocycles. The van der Waals surface area contributed by atoms with Crippen molar-refractivity contribution in [1.29, 1.82) is 0 Å². The maximum Gasteiger partial charge on any atom is 0.134 e. The second kappa shape index (κ2) is 4.90. The van der Waals surface area contributed by atoms with E-state index in [2.05, 4.69) is 31.0 Å². The van der Waals surface area contributed by atoms with Gasteiger partial charge in [-0.3, -0.25) is 4.90 Å². The number of nitrogens with zero attached hydrogens (tertiary/aromatic N) is 1. The van der Waals surface area contributed by atoms with Gasteiger partial charge in [-0.1, -0.05) is 18.2 Å². The summed E-state index contributed by atoms with van der Waals surface area (Å²) in [6, 6.07) is 10.6. The van der Waals surface area contributed by atoms with Crippen molar-refractivity contribution in [2.24, 2.45) is 5.73 Å². The highest BCUT2D eigenvalue weighted by atomic mass is 16.3. The largest absolute Gasteiger partial charge is 0.459 e. The number of nitrogens with two attached hydrogens (primary N) is 1. The van der Waals surface area contributed by atoms with Gasteiger partial charge in [-0.05, 0) is 33.0 Å². The summed E-state index contributed by atoms with van der Waals surface area (Å²) in [5.74, 6) is 0.995. The molecule has 0 radical (unpaired) electrons. The fourth-order valence-corrected chi connectivity index (χ4v) is 2.04. The van der Waals surface area contributed by atoms with E-state index in [0.29, 0.717) is 0 Å². The minimum Gasteiger partial charge on any atom is -0.459 e. The number of fused-ring (bicyclic) bond motifs is 1. The van der Waals surface area contributed by atoms with Gasteiger partial charge >= 0.3 is 0 Å². The molecule has 0 aliphatic rings. The molecule has 2 unspecified atom stereocenters. The van der Waals surface area contributed by atoms with Crippen LogP contribution < -0.4 is 5.73 Å². The number of furan rings is 1. The summed E-state index contributed by atoms with van der Waals surface area (Å²) < 4.78 is 5.85. The number of benzene rings is 1. The maximum absolute atomic E-state index is 5.85. The van der Waals surface area contributed by atoms with E-state index < -0.39 is 0 Å². The Balaban J connectivity index is 2.21. The number of hydrogen-bond acceptors (Lipinski definition) is 3. The second-order valence-electron chi connectivity index (χ2n) is 4.78. The summed E-state index contributed by atoms with van der Waals surface area (Å²) in [5, 5.41) is 1.16. The van der Waals surface area contributed by atoms with Crippen molar-refractivity contribution in [3.05, 3.63) is 36.1 Å². The van der Waals surface area contributed by atoms with Gasteiger partial charge in [0.25, 0.3) is 0 Å². The number of hydrogen-bond donors (Lipinski definition) is 1. The molecule has 2 rings (SSSR count). The van der Waals surface area contributed by atoms with E-state index in [1.54, 1.807) is 0 Å². The molecule has 0 fully saturated rings. The Hall–Kier alpha value is -1.32. The molecule has 0 aliphatic heterocycles. The first kappa shape index (κ1) is 12.1. The Kier molecular flexibility index (Phi) is 3.50. The fraction of sp³-hybridized carbons (Fsp3) is 0.429. The molecule has 0 aliphatic carbocycles. The van der Waals surface area contributed by atoms with Gasteiger partial charge in [-0.15, -0.1) is 0 Å². The molecule has 17 heavy (non-hydrogen) atoms. The first-order valence-electron chi connectivity index (χ1n) is 6.02. The third kappa shape index (κ3) is 2.68. The zero-order valence-electron chi connectivity index (χ0n) is 10.7. The summed E-state index contributed by atoms with van der Waals surface area (Å²) in [6.07, 6.45) is 0. The standard InChI is InChI=1S/C14H20N2O/c1-10(15)9-16(3)11(2)14-8-12-6-4-5-7-13(12)17-14/h4-8,10-11H,9,15H2,1-3H3. The van der Waals surface area contributed by atoms with Crippen LogP contribution in [0.5, 0.6) is 0 Å². The molecule has 0 spiro atoms. The first-order chi connectivity index (χ1) is 8.08. The average molecular weight is 232 g/mol. The Morgan fingerprint density at radius 2 is 2.00 bits per heavy atom. The van der Waals surface area contributed by atoms with Gasteiger partial charge in [0.05, 0.1) is 6.04 Å². The molecule has 2 N–H and O–H groups in total. The van der Waals surface area contributed by atoms with E-state index >= 15 is 0 Å². The lowest BCUT2D eigenvalue weighted by Gasteiger charge is -2.24. The van der Waals surface area contributed by atoms with Gasteiger partial charge in [0.15, 0.2) is 0 Å². The molecular formula is C14H20N2O. The molecule has 2 aromatic rings. The highest BCUT2D eigenvalue weighted by Crippen LogP contribution is 2.26. The summed E-state index contributed by atoms with van der Waals surface area (Å²) in [7, 11) is 2.07. The van der Waals surface area contributed by atoms with E-state index in [0.717, 1.165) is 23.3 Å². The Labute approximate surface area is 102 Å². The van der Waals surface area contributed by atoms with Crippen molar-refractivity contribution in [2.75, 3.05) is 13.6 Å². The Bertz CT molecular complexity index is 457. The van der Waals surface area contributed by atoms with E-state index in [1.807, 2.05) is 25.1 Å². The van der Waals surface area contributed by atoms with Crippen LogP contribution in [0.4, 0.5) is 0 Å².